The average Bonchev–Trinajstić information content (AvgIpc) is 2.73. The molecule has 1 aliphatic rings. The SMILES string of the molecule is CC[N+]1=C(C(C)(C)C)C(C)(C)c2c1ccc1cc(C(=O)O)ccc21. The summed E-state index contributed by atoms with van der Waals surface area (Å²) in [6, 6.07) is 9.66. The summed E-state index contributed by atoms with van der Waals surface area (Å²) in [5.41, 5.74) is 4.29. The van der Waals surface area contributed by atoms with Crippen molar-refractivity contribution < 1.29 is 14.5 Å². The van der Waals surface area contributed by atoms with Gasteiger partial charge in [-0.2, -0.15) is 4.58 Å². The summed E-state index contributed by atoms with van der Waals surface area (Å²) < 4.78 is 2.43. The highest BCUT2D eigenvalue weighted by atomic mass is 16.4. The number of rotatable bonds is 2. The lowest BCUT2D eigenvalue weighted by atomic mass is 9.70. The zero-order chi connectivity index (χ0) is 17.9. The fourth-order valence-corrected chi connectivity index (χ4v) is 4.58. The molecule has 2 aromatic carbocycles. The maximum atomic E-state index is 11.3. The van der Waals surface area contributed by atoms with Gasteiger partial charge in [0.15, 0.2) is 5.71 Å². The molecule has 0 saturated heterocycles. The lowest BCUT2D eigenvalue weighted by Crippen LogP contribution is -2.39. The summed E-state index contributed by atoms with van der Waals surface area (Å²) in [5, 5.41) is 11.4. The molecule has 0 atom stereocenters. The molecule has 3 heteroatoms. The molecule has 1 N–H and O–H groups in total. The van der Waals surface area contributed by atoms with E-state index in [1.165, 1.54) is 17.0 Å². The molecule has 0 saturated carbocycles. The van der Waals surface area contributed by atoms with E-state index in [9.17, 15) is 9.90 Å². The molecule has 1 heterocycles. The summed E-state index contributed by atoms with van der Waals surface area (Å²) in [6.45, 7) is 14.5. The van der Waals surface area contributed by atoms with Gasteiger partial charge in [-0.1, -0.05) is 26.8 Å². The normalized spacial score (nSPS) is 16.6. The lowest BCUT2D eigenvalue weighted by Gasteiger charge is -2.27. The molecule has 3 rings (SSSR count). The molecule has 126 valence electrons. The zero-order valence-corrected chi connectivity index (χ0v) is 15.4. The Morgan fingerprint density at radius 3 is 2.38 bits per heavy atom. The smallest absolute Gasteiger partial charge is 0.335 e. The van der Waals surface area contributed by atoms with Crippen LogP contribution in [0.2, 0.25) is 0 Å². The Bertz CT molecular complexity index is 883. The number of hydrogen-bond acceptors (Lipinski definition) is 1. The van der Waals surface area contributed by atoms with Crippen molar-refractivity contribution in [2.24, 2.45) is 5.41 Å². The van der Waals surface area contributed by atoms with Crippen molar-refractivity contribution in [3.05, 3.63) is 41.5 Å². The fourth-order valence-electron chi connectivity index (χ4n) is 4.58. The van der Waals surface area contributed by atoms with Crippen LogP contribution in [0.25, 0.3) is 10.8 Å². The molecule has 0 bridgehead atoms. The number of hydrogen-bond donors (Lipinski definition) is 1. The minimum Gasteiger partial charge on any atom is -0.478 e. The van der Waals surface area contributed by atoms with Crippen molar-refractivity contribution in [3.8, 4) is 0 Å². The van der Waals surface area contributed by atoms with Crippen LogP contribution in [-0.4, -0.2) is 27.9 Å². The topological polar surface area (TPSA) is 40.3 Å². The quantitative estimate of drug-likeness (QED) is 0.791. The predicted octanol–water partition coefficient (Wildman–Crippen LogP) is 4.98. The largest absolute Gasteiger partial charge is 0.478 e. The van der Waals surface area contributed by atoms with Crippen LogP contribution in [0.5, 0.6) is 0 Å². The van der Waals surface area contributed by atoms with Crippen LogP contribution in [0.3, 0.4) is 0 Å². The first-order valence-electron chi connectivity index (χ1n) is 8.55. The first-order chi connectivity index (χ1) is 11.1. The van der Waals surface area contributed by atoms with E-state index in [2.05, 4.69) is 52.2 Å². The first-order valence-corrected chi connectivity index (χ1v) is 8.55. The maximum Gasteiger partial charge on any atom is 0.335 e. The first kappa shape index (κ1) is 16.7. The Morgan fingerprint density at radius 2 is 1.83 bits per heavy atom. The van der Waals surface area contributed by atoms with Gasteiger partial charge in [0.1, 0.15) is 6.54 Å². The number of nitrogens with zero attached hydrogens (tertiary/aromatic N) is 1. The van der Waals surface area contributed by atoms with Gasteiger partial charge in [-0.15, -0.1) is 0 Å². The van der Waals surface area contributed by atoms with E-state index >= 15 is 0 Å². The van der Waals surface area contributed by atoms with Crippen LogP contribution in [-0.2, 0) is 5.41 Å². The van der Waals surface area contributed by atoms with Gasteiger partial charge in [0, 0.05) is 17.0 Å². The summed E-state index contributed by atoms with van der Waals surface area (Å²) >= 11 is 0. The van der Waals surface area contributed by atoms with Gasteiger partial charge in [0.05, 0.1) is 11.0 Å². The standard InChI is InChI=1S/C21H25NO2/c1-7-22-16-11-9-13-12-14(18(23)24)8-10-15(13)17(16)21(5,6)19(22)20(2,3)4/h8-12H,7H2,1-6H3/p+1. The molecule has 0 spiro atoms. The van der Waals surface area contributed by atoms with Gasteiger partial charge in [-0.3, -0.25) is 0 Å². The zero-order valence-electron chi connectivity index (χ0n) is 15.4. The molecule has 24 heavy (non-hydrogen) atoms. The van der Waals surface area contributed by atoms with Gasteiger partial charge in [-0.05, 0) is 49.7 Å². The van der Waals surface area contributed by atoms with E-state index in [1.807, 2.05) is 12.1 Å². The van der Waals surface area contributed by atoms with Crippen LogP contribution in [0.1, 0.15) is 57.5 Å². The summed E-state index contributed by atoms with van der Waals surface area (Å²) in [7, 11) is 0. The third-order valence-corrected chi connectivity index (χ3v) is 5.05. The number of fused-ring (bicyclic) bond motifs is 3. The van der Waals surface area contributed by atoms with Crippen LogP contribution in [0, 0.1) is 5.41 Å². The van der Waals surface area contributed by atoms with Crippen molar-refractivity contribution in [2.75, 3.05) is 6.54 Å². The lowest BCUT2D eigenvalue weighted by molar-refractivity contribution is -0.438. The van der Waals surface area contributed by atoms with Crippen LogP contribution in [0.4, 0.5) is 5.69 Å². The predicted molar refractivity (Wildman–Crippen MR) is 98.9 cm³/mol. The Balaban J connectivity index is 2.35. The molecule has 1 aliphatic heterocycles. The second-order valence-electron chi connectivity index (χ2n) is 8.17. The van der Waals surface area contributed by atoms with Gasteiger partial charge in [-0.25, -0.2) is 4.79 Å². The van der Waals surface area contributed by atoms with Crippen LogP contribution < -0.4 is 0 Å². The third kappa shape index (κ3) is 2.26. The van der Waals surface area contributed by atoms with Gasteiger partial charge in [0.25, 0.3) is 0 Å². The molecule has 2 aromatic rings. The summed E-state index contributed by atoms with van der Waals surface area (Å²) in [5.74, 6) is -0.881. The highest BCUT2D eigenvalue weighted by molar-refractivity contribution is 6.05. The molecule has 0 amide bonds. The van der Waals surface area contributed by atoms with Gasteiger partial charge >= 0.3 is 5.97 Å². The number of carbonyl (C=O) groups is 1. The van der Waals surface area contributed by atoms with E-state index in [0.29, 0.717) is 5.56 Å². The molecular weight excluding hydrogens is 298 g/mol. The minimum atomic E-state index is -0.881. The number of benzene rings is 2. The van der Waals surface area contributed by atoms with Crippen LogP contribution in [0.15, 0.2) is 30.3 Å². The molecule has 0 fully saturated rings. The highest BCUT2D eigenvalue weighted by Gasteiger charge is 2.50. The second kappa shape index (κ2) is 5.17. The van der Waals surface area contributed by atoms with E-state index in [0.717, 1.165) is 17.3 Å². The Kier molecular flexibility index (Phi) is 3.59. The molecule has 3 nitrogen and oxygen atoms in total. The van der Waals surface area contributed by atoms with Crippen molar-refractivity contribution in [2.45, 2.75) is 47.0 Å². The average molecular weight is 324 g/mol. The maximum absolute atomic E-state index is 11.3. The van der Waals surface area contributed by atoms with Crippen molar-refractivity contribution in [1.29, 1.82) is 0 Å². The van der Waals surface area contributed by atoms with Crippen molar-refractivity contribution in [1.82, 2.24) is 0 Å². The Hall–Kier alpha value is -2.16. The molecule has 0 unspecified atom stereocenters. The summed E-state index contributed by atoms with van der Waals surface area (Å²) in [6.07, 6.45) is 0. The number of carboxylic acids is 1. The second-order valence-corrected chi connectivity index (χ2v) is 8.17. The van der Waals surface area contributed by atoms with E-state index < -0.39 is 5.97 Å². The van der Waals surface area contributed by atoms with E-state index in [-0.39, 0.29) is 10.8 Å². The van der Waals surface area contributed by atoms with Gasteiger partial charge in [0.2, 0.25) is 5.69 Å². The van der Waals surface area contributed by atoms with Gasteiger partial charge < -0.3 is 5.11 Å². The monoisotopic (exact) mass is 324 g/mol. The number of carboxylic acid groups (broad SMARTS) is 1. The molecule has 0 aromatic heterocycles. The number of aromatic carboxylic acids is 1. The Labute approximate surface area is 143 Å². The molecular formula is C21H26NO2+. The highest BCUT2D eigenvalue weighted by Crippen LogP contribution is 2.47. The molecule has 0 aliphatic carbocycles. The van der Waals surface area contributed by atoms with Crippen molar-refractivity contribution in [3.63, 3.8) is 0 Å². The minimum absolute atomic E-state index is 0.0614. The Morgan fingerprint density at radius 1 is 1.17 bits per heavy atom. The molecule has 0 radical (unpaired) electrons. The third-order valence-electron chi connectivity index (χ3n) is 5.05. The summed E-state index contributed by atoms with van der Waals surface area (Å²) in [4.78, 5) is 11.3. The van der Waals surface area contributed by atoms with Crippen LogP contribution >= 0.6 is 0 Å². The van der Waals surface area contributed by atoms with E-state index in [4.69, 9.17) is 0 Å². The van der Waals surface area contributed by atoms with Crippen molar-refractivity contribution >= 4 is 28.1 Å². The van der Waals surface area contributed by atoms with E-state index in [1.54, 1.807) is 12.1 Å². The fraction of sp³-hybridized carbons (Fsp3) is 0.429.